The lowest BCUT2D eigenvalue weighted by molar-refractivity contribution is 0.101. The molecule has 1 N–H and O–H groups in total. The molecule has 3 rings (SSSR count). The maximum Gasteiger partial charge on any atom is 0.159 e. The van der Waals surface area contributed by atoms with Gasteiger partial charge in [-0.3, -0.25) is 9.79 Å². The van der Waals surface area contributed by atoms with Crippen LogP contribution in [0.15, 0.2) is 65.7 Å². The molecule has 4 nitrogen and oxygen atoms in total. The van der Waals surface area contributed by atoms with Crippen LogP contribution in [0.25, 0.3) is 0 Å². The molecule has 0 fully saturated rings. The number of phenolic OH excluding ortho intramolecular Hbond substituents is 1. The number of aromatic hydroxyl groups is 1. The van der Waals surface area contributed by atoms with E-state index in [-0.39, 0.29) is 11.5 Å². The van der Waals surface area contributed by atoms with Crippen LogP contribution in [0.5, 0.6) is 11.5 Å². The summed E-state index contributed by atoms with van der Waals surface area (Å²) in [4.78, 5) is 15.6. The first-order chi connectivity index (χ1) is 13.4. The van der Waals surface area contributed by atoms with Gasteiger partial charge in [0.25, 0.3) is 0 Å². The van der Waals surface area contributed by atoms with E-state index in [0.717, 1.165) is 5.56 Å². The van der Waals surface area contributed by atoms with Crippen LogP contribution >= 0.6 is 23.2 Å². The molecule has 0 aromatic heterocycles. The molecule has 0 bridgehead atoms. The van der Waals surface area contributed by atoms with Crippen LogP contribution in [0, 0.1) is 0 Å². The zero-order chi connectivity index (χ0) is 20.1. The van der Waals surface area contributed by atoms with Crippen molar-refractivity contribution in [3.63, 3.8) is 0 Å². The number of halogens is 2. The smallest absolute Gasteiger partial charge is 0.159 e. The van der Waals surface area contributed by atoms with Crippen molar-refractivity contribution in [2.45, 2.75) is 13.5 Å². The van der Waals surface area contributed by atoms with Gasteiger partial charge >= 0.3 is 0 Å². The van der Waals surface area contributed by atoms with Gasteiger partial charge in [-0.25, -0.2) is 0 Å². The van der Waals surface area contributed by atoms with Gasteiger partial charge in [-0.05, 0) is 48.4 Å². The van der Waals surface area contributed by atoms with E-state index >= 15 is 0 Å². The number of rotatable bonds is 6. The van der Waals surface area contributed by atoms with E-state index in [1.54, 1.807) is 24.3 Å². The number of aliphatic imine (C=N–C) groups is 1. The molecule has 0 aliphatic rings. The number of carbonyl (C=O) groups excluding carboxylic acids is 1. The lowest BCUT2D eigenvalue weighted by Crippen LogP contribution is -1.97. The highest BCUT2D eigenvalue weighted by Crippen LogP contribution is 2.35. The van der Waals surface area contributed by atoms with E-state index < -0.39 is 0 Å². The number of carbonyl (C=O) groups is 1. The molecule has 0 radical (unpaired) electrons. The number of ketones is 1. The average Bonchev–Trinajstić information content (AvgIpc) is 2.67. The van der Waals surface area contributed by atoms with Crippen LogP contribution < -0.4 is 4.74 Å². The Hall–Kier alpha value is -2.82. The van der Waals surface area contributed by atoms with Crippen molar-refractivity contribution in [1.82, 2.24) is 0 Å². The van der Waals surface area contributed by atoms with Gasteiger partial charge in [-0.15, -0.1) is 0 Å². The van der Waals surface area contributed by atoms with Crippen LogP contribution in [0.2, 0.25) is 10.0 Å². The van der Waals surface area contributed by atoms with Gasteiger partial charge < -0.3 is 9.84 Å². The predicted octanol–water partition coefficient (Wildman–Crippen LogP) is 6.23. The van der Waals surface area contributed by atoms with Gasteiger partial charge in [-0.2, -0.15) is 0 Å². The zero-order valence-corrected chi connectivity index (χ0v) is 16.5. The summed E-state index contributed by atoms with van der Waals surface area (Å²) >= 11 is 12.6. The second-order valence-electron chi connectivity index (χ2n) is 6.11. The molecular formula is C22H17Cl2NO3. The Balaban J connectivity index is 1.77. The number of hydrogen-bond acceptors (Lipinski definition) is 4. The summed E-state index contributed by atoms with van der Waals surface area (Å²) in [5.74, 6) is 0.192. The Labute approximate surface area is 173 Å². The van der Waals surface area contributed by atoms with Crippen molar-refractivity contribution in [2.75, 3.05) is 0 Å². The molecule has 142 valence electrons. The van der Waals surface area contributed by atoms with Crippen LogP contribution in [0.4, 0.5) is 5.69 Å². The number of ether oxygens (including phenoxy) is 1. The summed E-state index contributed by atoms with van der Waals surface area (Å²) in [6.07, 6.45) is 1.53. The van der Waals surface area contributed by atoms with Crippen LogP contribution in [-0.2, 0) is 6.61 Å². The van der Waals surface area contributed by atoms with Crippen LogP contribution in [0.3, 0.4) is 0 Å². The largest absolute Gasteiger partial charge is 0.506 e. The lowest BCUT2D eigenvalue weighted by atomic mass is 10.1. The molecule has 0 aliphatic heterocycles. The number of hydrogen-bond donors (Lipinski definition) is 1. The van der Waals surface area contributed by atoms with Gasteiger partial charge in [0, 0.05) is 11.8 Å². The Morgan fingerprint density at radius 1 is 1.07 bits per heavy atom. The number of benzene rings is 3. The predicted molar refractivity (Wildman–Crippen MR) is 113 cm³/mol. The maximum atomic E-state index is 11.3. The van der Waals surface area contributed by atoms with Crippen LogP contribution in [0.1, 0.15) is 28.4 Å². The van der Waals surface area contributed by atoms with Gasteiger partial charge in [-0.1, -0.05) is 53.5 Å². The van der Waals surface area contributed by atoms with Gasteiger partial charge in [0.15, 0.2) is 11.5 Å². The van der Waals surface area contributed by atoms with Gasteiger partial charge in [0.05, 0.1) is 10.0 Å². The highest BCUT2D eigenvalue weighted by Gasteiger charge is 2.10. The Morgan fingerprint density at radius 2 is 1.75 bits per heavy atom. The fraction of sp³-hybridized carbons (Fsp3) is 0.0909. The van der Waals surface area contributed by atoms with Crippen molar-refractivity contribution in [1.29, 1.82) is 0 Å². The van der Waals surface area contributed by atoms with Gasteiger partial charge in [0.1, 0.15) is 18.0 Å². The Kier molecular flexibility index (Phi) is 6.34. The van der Waals surface area contributed by atoms with E-state index in [1.807, 2.05) is 30.3 Å². The number of nitrogens with zero attached hydrogens (tertiary/aromatic N) is 1. The van der Waals surface area contributed by atoms with Crippen molar-refractivity contribution in [3.8, 4) is 11.5 Å². The summed E-state index contributed by atoms with van der Waals surface area (Å²) in [5, 5.41) is 10.7. The third kappa shape index (κ3) is 4.91. The monoisotopic (exact) mass is 413 g/mol. The minimum absolute atomic E-state index is 0.0797. The van der Waals surface area contributed by atoms with Gasteiger partial charge in [0.2, 0.25) is 0 Å². The average molecular weight is 414 g/mol. The maximum absolute atomic E-state index is 11.3. The molecule has 0 saturated heterocycles. The normalized spacial score (nSPS) is 11.0. The third-order valence-electron chi connectivity index (χ3n) is 3.98. The molecule has 0 unspecified atom stereocenters. The fourth-order valence-electron chi connectivity index (χ4n) is 2.52. The summed E-state index contributed by atoms with van der Waals surface area (Å²) in [6, 6.07) is 17.6. The van der Waals surface area contributed by atoms with Crippen molar-refractivity contribution >= 4 is 40.9 Å². The lowest BCUT2D eigenvalue weighted by Gasteiger charge is -2.11. The number of Topliss-reactive ketones (excluding diaryl/α,β-unsaturated/α-hetero) is 1. The van der Waals surface area contributed by atoms with Crippen molar-refractivity contribution in [3.05, 3.63) is 87.4 Å². The molecule has 6 heteroatoms. The highest BCUT2D eigenvalue weighted by molar-refractivity contribution is 6.37. The summed E-state index contributed by atoms with van der Waals surface area (Å²) < 4.78 is 5.75. The van der Waals surface area contributed by atoms with E-state index in [1.165, 1.54) is 19.2 Å². The second-order valence-corrected chi connectivity index (χ2v) is 6.92. The molecule has 3 aromatic rings. The van der Waals surface area contributed by atoms with Crippen molar-refractivity contribution < 1.29 is 14.6 Å². The quantitative estimate of drug-likeness (QED) is 0.384. The minimum atomic E-state index is -0.129. The van der Waals surface area contributed by atoms with E-state index in [4.69, 9.17) is 27.9 Å². The first-order valence-corrected chi connectivity index (χ1v) is 9.23. The standard InChI is InChI=1S/C22H17Cl2NO3/c1-14(26)17-7-8-20(21(27)11-17)25-12-16-9-18(23)22(19(24)10-16)28-13-15-5-3-2-4-6-15/h2-12,27H,13H2,1H3. The molecule has 0 saturated carbocycles. The van der Waals surface area contributed by atoms with Crippen LogP contribution in [-0.4, -0.2) is 17.1 Å². The van der Waals surface area contributed by atoms with E-state index in [9.17, 15) is 9.90 Å². The first kappa shape index (κ1) is 19.9. The topological polar surface area (TPSA) is 58.9 Å². The summed E-state index contributed by atoms with van der Waals surface area (Å²) in [5.41, 5.74) is 2.41. The first-order valence-electron chi connectivity index (χ1n) is 8.48. The summed E-state index contributed by atoms with van der Waals surface area (Å²) in [7, 11) is 0. The molecule has 0 heterocycles. The third-order valence-corrected chi connectivity index (χ3v) is 4.54. The summed E-state index contributed by atoms with van der Waals surface area (Å²) in [6.45, 7) is 1.78. The second kappa shape index (κ2) is 8.91. The minimum Gasteiger partial charge on any atom is -0.506 e. The molecule has 0 aliphatic carbocycles. The number of phenols is 1. The molecule has 0 amide bonds. The molecule has 28 heavy (non-hydrogen) atoms. The fourth-order valence-corrected chi connectivity index (χ4v) is 3.13. The zero-order valence-electron chi connectivity index (χ0n) is 15.0. The molecule has 3 aromatic carbocycles. The molecule has 0 atom stereocenters. The van der Waals surface area contributed by atoms with E-state index in [2.05, 4.69) is 4.99 Å². The SMILES string of the molecule is CC(=O)c1ccc(N=Cc2cc(Cl)c(OCc3ccccc3)c(Cl)c2)c(O)c1. The van der Waals surface area contributed by atoms with E-state index in [0.29, 0.717) is 39.2 Å². The Bertz CT molecular complexity index is 1010. The Morgan fingerprint density at radius 3 is 2.36 bits per heavy atom. The molecular weight excluding hydrogens is 397 g/mol. The highest BCUT2D eigenvalue weighted by atomic mass is 35.5. The molecule has 0 spiro atoms. The van der Waals surface area contributed by atoms with Crippen molar-refractivity contribution in [2.24, 2.45) is 4.99 Å².